The molecule has 1 amide bonds. The highest BCUT2D eigenvalue weighted by Crippen LogP contribution is 2.26. The zero-order chi connectivity index (χ0) is 21.8. The molecule has 6 nitrogen and oxygen atoms in total. The Morgan fingerprint density at radius 2 is 1.68 bits per heavy atom. The first-order chi connectivity index (χ1) is 15.0. The van der Waals surface area contributed by atoms with Gasteiger partial charge in [0, 0.05) is 10.9 Å². The van der Waals surface area contributed by atoms with Gasteiger partial charge in [0.2, 0.25) is 0 Å². The summed E-state index contributed by atoms with van der Waals surface area (Å²) in [6.07, 6.45) is 0. The first kappa shape index (κ1) is 20.0. The van der Waals surface area contributed by atoms with E-state index in [1.54, 1.807) is 48.5 Å². The second-order valence-corrected chi connectivity index (χ2v) is 6.72. The van der Waals surface area contributed by atoms with Crippen molar-refractivity contribution in [2.24, 2.45) is 0 Å². The van der Waals surface area contributed by atoms with E-state index in [2.05, 4.69) is 10.3 Å². The van der Waals surface area contributed by atoms with E-state index in [9.17, 15) is 19.1 Å². The maximum atomic E-state index is 13.7. The van der Waals surface area contributed by atoms with Gasteiger partial charge in [0.15, 0.2) is 6.61 Å². The molecule has 4 aromatic rings. The largest absolute Gasteiger partial charge is 0.508 e. The Kier molecular flexibility index (Phi) is 5.57. The van der Waals surface area contributed by atoms with Crippen LogP contribution in [0.15, 0.2) is 78.9 Å². The molecule has 0 aliphatic carbocycles. The third kappa shape index (κ3) is 4.51. The minimum atomic E-state index is -0.706. The highest BCUT2D eigenvalue weighted by molar-refractivity contribution is 6.05. The van der Waals surface area contributed by atoms with E-state index in [1.165, 1.54) is 30.3 Å². The lowest BCUT2D eigenvalue weighted by molar-refractivity contribution is -0.119. The number of carbonyl (C=O) groups is 2. The van der Waals surface area contributed by atoms with Crippen LogP contribution in [-0.2, 0) is 9.53 Å². The van der Waals surface area contributed by atoms with Crippen LogP contribution < -0.4 is 5.32 Å². The Hall–Kier alpha value is -4.26. The molecule has 1 heterocycles. The number of anilines is 1. The van der Waals surface area contributed by atoms with Gasteiger partial charge in [0.05, 0.1) is 22.5 Å². The van der Waals surface area contributed by atoms with Gasteiger partial charge in [-0.15, -0.1) is 0 Å². The average molecular weight is 416 g/mol. The predicted molar refractivity (Wildman–Crippen MR) is 114 cm³/mol. The van der Waals surface area contributed by atoms with E-state index in [0.717, 1.165) is 0 Å². The molecule has 0 spiro atoms. The number of carbonyl (C=O) groups excluding carboxylic acids is 2. The lowest BCUT2D eigenvalue weighted by Crippen LogP contribution is -2.21. The summed E-state index contributed by atoms with van der Waals surface area (Å²) in [6.45, 7) is -0.571. The first-order valence-electron chi connectivity index (χ1n) is 9.42. The normalized spacial score (nSPS) is 10.6. The van der Waals surface area contributed by atoms with Crippen molar-refractivity contribution < 1.29 is 23.8 Å². The van der Waals surface area contributed by atoms with Crippen molar-refractivity contribution in [3.05, 3.63) is 90.2 Å². The Labute approximate surface area is 176 Å². The van der Waals surface area contributed by atoms with E-state index in [-0.39, 0.29) is 17.0 Å². The number of phenols is 1. The molecule has 0 saturated heterocycles. The number of aromatic nitrogens is 1. The number of hydrogen-bond donors (Lipinski definition) is 2. The van der Waals surface area contributed by atoms with E-state index in [0.29, 0.717) is 22.2 Å². The summed E-state index contributed by atoms with van der Waals surface area (Å²) in [4.78, 5) is 29.4. The predicted octanol–water partition coefficient (Wildman–Crippen LogP) is 4.54. The standard InChI is InChI=1S/C24H17FN2O4/c25-19-6-2-4-8-21(19)27-23(29)14-31-24(30)18-13-22(15-9-11-16(28)12-10-15)26-20-7-3-1-5-17(18)20/h1-13,28H,14H2,(H,27,29). The summed E-state index contributed by atoms with van der Waals surface area (Å²) >= 11 is 0. The lowest BCUT2D eigenvalue weighted by Gasteiger charge is -2.11. The molecule has 0 aliphatic heterocycles. The number of hydrogen-bond acceptors (Lipinski definition) is 5. The summed E-state index contributed by atoms with van der Waals surface area (Å²) in [6, 6.07) is 20.8. The van der Waals surface area contributed by atoms with Crippen molar-refractivity contribution in [3.8, 4) is 17.0 Å². The molecular formula is C24H17FN2O4. The zero-order valence-electron chi connectivity index (χ0n) is 16.2. The van der Waals surface area contributed by atoms with Crippen LogP contribution in [0.25, 0.3) is 22.2 Å². The number of phenolic OH excluding ortho intramolecular Hbond substituents is 1. The third-order valence-corrected chi connectivity index (χ3v) is 4.58. The minimum absolute atomic E-state index is 0.00697. The van der Waals surface area contributed by atoms with Gasteiger partial charge in [0.1, 0.15) is 11.6 Å². The van der Waals surface area contributed by atoms with Gasteiger partial charge in [-0.1, -0.05) is 30.3 Å². The second-order valence-electron chi connectivity index (χ2n) is 6.72. The topological polar surface area (TPSA) is 88.5 Å². The molecular weight excluding hydrogens is 399 g/mol. The maximum Gasteiger partial charge on any atom is 0.339 e. The number of ether oxygens (including phenoxy) is 1. The Bertz CT molecular complexity index is 1270. The summed E-state index contributed by atoms with van der Waals surface area (Å²) in [5.74, 6) is -1.83. The number of para-hydroxylation sites is 2. The lowest BCUT2D eigenvalue weighted by atomic mass is 10.0. The smallest absolute Gasteiger partial charge is 0.339 e. The number of nitrogens with one attached hydrogen (secondary N) is 1. The molecule has 154 valence electrons. The number of aromatic hydroxyl groups is 1. The van der Waals surface area contributed by atoms with Crippen LogP contribution >= 0.6 is 0 Å². The summed E-state index contributed by atoms with van der Waals surface area (Å²) in [7, 11) is 0. The molecule has 0 atom stereocenters. The Balaban J connectivity index is 1.57. The molecule has 0 fully saturated rings. The fraction of sp³-hybridized carbons (Fsp3) is 0.0417. The van der Waals surface area contributed by atoms with Gasteiger partial charge in [-0.2, -0.15) is 0 Å². The van der Waals surface area contributed by atoms with Gasteiger partial charge in [0.25, 0.3) is 5.91 Å². The van der Waals surface area contributed by atoms with Crippen LogP contribution in [-0.4, -0.2) is 28.6 Å². The van der Waals surface area contributed by atoms with Crippen LogP contribution in [0.1, 0.15) is 10.4 Å². The van der Waals surface area contributed by atoms with Crippen LogP contribution in [0.2, 0.25) is 0 Å². The van der Waals surface area contributed by atoms with E-state index >= 15 is 0 Å². The summed E-state index contributed by atoms with van der Waals surface area (Å²) in [5, 5.41) is 12.5. The fourth-order valence-corrected chi connectivity index (χ4v) is 3.08. The highest BCUT2D eigenvalue weighted by atomic mass is 19.1. The number of rotatable bonds is 5. The number of pyridine rings is 1. The number of esters is 1. The highest BCUT2D eigenvalue weighted by Gasteiger charge is 2.17. The van der Waals surface area contributed by atoms with Crippen LogP contribution in [0.5, 0.6) is 5.75 Å². The number of nitrogens with zero attached hydrogens (tertiary/aromatic N) is 1. The minimum Gasteiger partial charge on any atom is -0.508 e. The molecule has 0 unspecified atom stereocenters. The maximum absolute atomic E-state index is 13.7. The molecule has 3 aromatic carbocycles. The average Bonchev–Trinajstić information content (AvgIpc) is 2.79. The third-order valence-electron chi connectivity index (χ3n) is 4.58. The van der Waals surface area contributed by atoms with Gasteiger partial charge in [-0.05, 0) is 48.5 Å². The SMILES string of the molecule is O=C(COC(=O)c1cc(-c2ccc(O)cc2)nc2ccccc12)Nc1ccccc1F. The van der Waals surface area contributed by atoms with Crippen LogP contribution in [0, 0.1) is 5.82 Å². The van der Waals surface area contributed by atoms with Gasteiger partial charge in [-0.3, -0.25) is 4.79 Å². The summed E-state index contributed by atoms with van der Waals surface area (Å²) in [5.41, 5.74) is 2.05. The van der Waals surface area contributed by atoms with Crippen molar-refractivity contribution in [2.45, 2.75) is 0 Å². The van der Waals surface area contributed by atoms with Gasteiger partial charge in [-0.25, -0.2) is 14.2 Å². The Morgan fingerprint density at radius 1 is 0.968 bits per heavy atom. The number of amides is 1. The van der Waals surface area contributed by atoms with E-state index in [4.69, 9.17) is 4.74 Å². The molecule has 4 rings (SSSR count). The monoisotopic (exact) mass is 416 g/mol. The molecule has 0 bridgehead atoms. The molecule has 0 aliphatic rings. The molecule has 31 heavy (non-hydrogen) atoms. The number of fused-ring (bicyclic) bond motifs is 1. The van der Waals surface area contributed by atoms with Crippen molar-refractivity contribution in [2.75, 3.05) is 11.9 Å². The van der Waals surface area contributed by atoms with Crippen molar-refractivity contribution in [1.82, 2.24) is 4.98 Å². The number of benzene rings is 3. The second kappa shape index (κ2) is 8.62. The number of halogens is 1. The molecule has 0 radical (unpaired) electrons. The Morgan fingerprint density at radius 3 is 2.45 bits per heavy atom. The quantitative estimate of drug-likeness (QED) is 0.466. The summed E-state index contributed by atoms with van der Waals surface area (Å²) < 4.78 is 18.9. The molecule has 2 N–H and O–H groups in total. The fourth-order valence-electron chi connectivity index (χ4n) is 3.08. The first-order valence-corrected chi connectivity index (χ1v) is 9.42. The van der Waals surface area contributed by atoms with E-state index in [1.807, 2.05) is 0 Å². The van der Waals surface area contributed by atoms with Gasteiger partial charge >= 0.3 is 5.97 Å². The van der Waals surface area contributed by atoms with Crippen molar-refractivity contribution in [1.29, 1.82) is 0 Å². The van der Waals surface area contributed by atoms with Gasteiger partial charge < -0.3 is 15.2 Å². The molecule has 7 heteroatoms. The van der Waals surface area contributed by atoms with Crippen LogP contribution in [0.4, 0.5) is 10.1 Å². The zero-order valence-corrected chi connectivity index (χ0v) is 16.2. The van der Waals surface area contributed by atoms with Crippen molar-refractivity contribution in [3.63, 3.8) is 0 Å². The van der Waals surface area contributed by atoms with E-state index < -0.39 is 24.3 Å². The van der Waals surface area contributed by atoms with Crippen molar-refractivity contribution >= 4 is 28.5 Å². The van der Waals surface area contributed by atoms with Crippen LogP contribution in [0.3, 0.4) is 0 Å². The molecule has 0 saturated carbocycles. The molecule has 1 aromatic heterocycles.